The van der Waals surface area contributed by atoms with E-state index in [-0.39, 0.29) is 24.8 Å². The molecule has 0 atom stereocenters. The summed E-state index contributed by atoms with van der Waals surface area (Å²) in [7, 11) is 0. The number of halogens is 3. The molecule has 1 fully saturated rings. The van der Waals surface area contributed by atoms with E-state index < -0.39 is 28.9 Å². The number of hydrogen-bond acceptors (Lipinski definition) is 4. The molecule has 36 heavy (non-hydrogen) atoms. The second-order valence-electron chi connectivity index (χ2n) is 9.51. The summed E-state index contributed by atoms with van der Waals surface area (Å²) in [6, 6.07) is 13.4. The van der Waals surface area contributed by atoms with Crippen LogP contribution in [0, 0.1) is 0 Å². The van der Waals surface area contributed by atoms with Crippen LogP contribution >= 0.6 is 0 Å². The predicted molar refractivity (Wildman–Crippen MR) is 128 cm³/mol. The molecule has 1 saturated heterocycles. The lowest BCUT2D eigenvalue weighted by Crippen LogP contribution is -2.66. The number of nitrogens with zero attached hydrogens (tertiary/aromatic N) is 3. The van der Waals surface area contributed by atoms with Gasteiger partial charge in [-0.2, -0.15) is 18.3 Å². The minimum Gasteiger partial charge on any atom is -0.465 e. The molecule has 0 aliphatic carbocycles. The summed E-state index contributed by atoms with van der Waals surface area (Å²) >= 11 is 0. The number of carbonyl (C=O) groups is 1. The molecule has 7 nitrogen and oxygen atoms in total. The Morgan fingerprint density at radius 1 is 1.17 bits per heavy atom. The minimum absolute atomic E-state index is 0.208. The first-order valence-electron chi connectivity index (χ1n) is 11.1. The van der Waals surface area contributed by atoms with Crippen LogP contribution in [0.25, 0.3) is 17.5 Å². The number of benzene rings is 2. The van der Waals surface area contributed by atoms with Gasteiger partial charge < -0.3 is 14.6 Å². The van der Waals surface area contributed by atoms with E-state index in [2.05, 4.69) is 11.7 Å². The Hall–Kier alpha value is -3.79. The van der Waals surface area contributed by atoms with Gasteiger partial charge >= 0.3 is 12.3 Å². The summed E-state index contributed by atoms with van der Waals surface area (Å²) in [4.78, 5) is 13.6. The van der Waals surface area contributed by atoms with Crippen molar-refractivity contribution >= 4 is 12.3 Å². The average Bonchev–Trinajstić information content (AvgIpc) is 3.17. The molecule has 2 heterocycles. The van der Waals surface area contributed by atoms with Crippen molar-refractivity contribution in [3.8, 4) is 22.9 Å². The molecular formula is C26H26F3N3O4. The molecule has 1 aliphatic rings. The fourth-order valence-corrected chi connectivity index (χ4v) is 4.36. The molecule has 2 aromatic carbocycles. The number of carboxylic acid groups (broad SMARTS) is 1. The highest BCUT2D eigenvalue weighted by Gasteiger charge is 2.52. The van der Waals surface area contributed by atoms with Crippen LogP contribution in [0.4, 0.5) is 18.0 Å². The van der Waals surface area contributed by atoms with Crippen molar-refractivity contribution in [1.29, 1.82) is 0 Å². The van der Waals surface area contributed by atoms with Crippen LogP contribution in [0.15, 0.2) is 61.2 Å². The molecular weight excluding hydrogens is 475 g/mol. The number of alkyl halides is 3. The fourth-order valence-electron chi connectivity index (χ4n) is 4.36. The van der Waals surface area contributed by atoms with E-state index in [1.807, 2.05) is 45.0 Å². The van der Waals surface area contributed by atoms with E-state index in [0.29, 0.717) is 11.3 Å². The van der Waals surface area contributed by atoms with Gasteiger partial charge in [-0.1, -0.05) is 24.8 Å². The van der Waals surface area contributed by atoms with Gasteiger partial charge in [0, 0.05) is 23.4 Å². The first kappa shape index (κ1) is 25.3. The lowest BCUT2D eigenvalue weighted by atomic mass is 9.82. The second kappa shape index (κ2) is 9.02. The number of aromatic nitrogens is 2. The molecule has 0 saturated carbocycles. The van der Waals surface area contributed by atoms with Crippen LogP contribution in [0.1, 0.15) is 31.9 Å². The smallest absolute Gasteiger partial charge is 0.416 e. The van der Waals surface area contributed by atoms with Crippen molar-refractivity contribution in [2.45, 2.75) is 38.0 Å². The predicted octanol–water partition coefficient (Wildman–Crippen LogP) is 6.47. The zero-order valence-electron chi connectivity index (χ0n) is 20.0. The Labute approximate surface area is 206 Å². The van der Waals surface area contributed by atoms with Gasteiger partial charge in [-0.3, -0.25) is 4.90 Å². The maximum Gasteiger partial charge on any atom is 0.416 e. The number of hydrogen-bond donors (Lipinski definition) is 1. The lowest BCUT2D eigenvalue weighted by Gasteiger charge is -2.53. The van der Waals surface area contributed by atoms with Gasteiger partial charge in [0.1, 0.15) is 11.3 Å². The Balaban J connectivity index is 1.67. The van der Waals surface area contributed by atoms with Crippen molar-refractivity contribution in [2.24, 2.45) is 0 Å². The fraction of sp³-hybridized carbons (Fsp3) is 0.308. The molecule has 0 radical (unpaired) electrons. The largest absolute Gasteiger partial charge is 0.465 e. The number of rotatable bonds is 6. The summed E-state index contributed by atoms with van der Waals surface area (Å²) in [6.07, 6.45) is -4.06. The van der Waals surface area contributed by atoms with Gasteiger partial charge in [0.2, 0.25) is 5.88 Å². The monoisotopic (exact) mass is 501 g/mol. The van der Waals surface area contributed by atoms with Gasteiger partial charge in [-0.05, 0) is 56.7 Å². The van der Waals surface area contributed by atoms with Crippen molar-refractivity contribution in [1.82, 2.24) is 14.7 Å². The first-order valence-corrected chi connectivity index (χ1v) is 11.1. The Bertz CT molecular complexity index is 1270. The highest BCUT2D eigenvalue weighted by Crippen LogP contribution is 2.42. The zero-order valence-corrected chi connectivity index (χ0v) is 20.0. The van der Waals surface area contributed by atoms with Crippen LogP contribution in [-0.4, -0.2) is 44.6 Å². The maximum absolute atomic E-state index is 12.9. The SMILES string of the molecule is C=Cn1nc(-c2cccc(C3(N(C(=O)O)C(C)(C)C)COC3)c2)cc1Oc1ccc(C(F)(F)F)cc1. The molecule has 190 valence electrons. The molecule has 0 bridgehead atoms. The third-order valence-corrected chi connectivity index (χ3v) is 5.95. The van der Waals surface area contributed by atoms with Gasteiger partial charge in [0.15, 0.2) is 0 Å². The van der Waals surface area contributed by atoms with Crippen molar-refractivity contribution < 1.29 is 32.5 Å². The molecule has 4 rings (SSSR count). The van der Waals surface area contributed by atoms with Gasteiger partial charge in [0.25, 0.3) is 0 Å². The van der Waals surface area contributed by atoms with E-state index in [1.165, 1.54) is 27.9 Å². The Kier molecular flexibility index (Phi) is 6.34. The Morgan fingerprint density at radius 2 is 1.83 bits per heavy atom. The molecule has 1 aromatic heterocycles. The molecule has 1 amide bonds. The molecule has 1 N–H and O–H groups in total. The van der Waals surface area contributed by atoms with E-state index in [1.54, 1.807) is 6.07 Å². The molecule has 0 spiro atoms. The highest BCUT2D eigenvalue weighted by molar-refractivity contribution is 5.69. The van der Waals surface area contributed by atoms with Crippen LogP contribution < -0.4 is 4.74 Å². The average molecular weight is 502 g/mol. The van der Waals surface area contributed by atoms with E-state index in [0.717, 1.165) is 17.7 Å². The number of ether oxygens (including phenoxy) is 2. The normalized spacial score (nSPS) is 15.2. The summed E-state index contributed by atoms with van der Waals surface area (Å²) < 4.78 is 51.2. The van der Waals surface area contributed by atoms with Crippen LogP contribution in [-0.2, 0) is 16.5 Å². The van der Waals surface area contributed by atoms with Crippen molar-refractivity contribution in [2.75, 3.05) is 13.2 Å². The second-order valence-corrected chi connectivity index (χ2v) is 9.51. The summed E-state index contributed by atoms with van der Waals surface area (Å²) in [5.74, 6) is 0.466. The highest BCUT2D eigenvalue weighted by atomic mass is 19.4. The summed E-state index contributed by atoms with van der Waals surface area (Å²) in [6.45, 7) is 9.67. The van der Waals surface area contributed by atoms with Crippen molar-refractivity contribution in [3.05, 3.63) is 72.3 Å². The quantitative estimate of drug-likeness (QED) is 0.419. The van der Waals surface area contributed by atoms with Gasteiger partial charge in [-0.15, -0.1) is 0 Å². The van der Waals surface area contributed by atoms with Crippen LogP contribution in [0.5, 0.6) is 11.6 Å². The van der Waals surface area contributed by atoms with Crippen LogP contribution in [0.2, 0.25) is 0 Å². The number of amides is 1. The zero-order chi connectivity index (χ0) is 26.3. The first-order chi connectivity index (χ1) is 16.8. The van der Waals surface area contributed by atoms with Crippen molar-refractivity contribution in [3.63, 3.8) is 0 Å². The lowest BCUT2D eigenvalue weighted by molar-refractivity contribution is -0.157. The van der Waals surface area contributed by atoms with Gasteiger partial charge in [-0.25, -0.2) is 9.48 Å². The molecule has 0 unspecified atom stereocenters. The van der Waals surface area contributed by atoms with E-state index in [4.69, 9.17) is 9.47 Å². The summed E-state index contributed by atoms with van der Waals surface area (Å²) in [5, 5.41) is 14.5. The topological polar surface area (TPSA) is 76.8 Å². The third-order valence-electron chi connectivity index (χ3n) is 5.95. The van der Waals surface area contributed by atoms with E-state index in [9.17, 15) is 23.1 Å². The molecule has 10 heteroatoms. The third kappa shape index (κ3) is 4.68. The minimum atomic E-state index is -4.44. The standard InChI is InChI=1S/C26H26F3N3O4/c1-5-31-22(36-20-11-9-18(10-12-20)26(27,28)29)14-21(30-31)17-7-6-8-19(13-17)25(15-35-16-25)32(23(33)34)24(2,3)4/h5-14H,1,15-16H2,2-4H3,(H,33,34). The Morgan fingerprint density at radius 3 is 2.33 bits per heavy atom. The molecule has 1 aliphatic heterocycles. The maximum atomic E-state index is 12.9. The van der Waals surface area contributed by atoms with Crippen LogP contribution in [0.3, 0.4) is 0 Å². The summed E-state index contributed by atoms with van der Waals surface area (Å²) in [5.41, 5.74) is -0.298. The van der Waals surface area contributed by atoms with E-state index >= 15 is 0 Å². The molecule has 3 aromatic rings. The van der Waals surface area contributed by atoms with Gasteiger partial charge in [0.05, 0.1) is 24.5 Å².